The molecule has 0 radical (unpaired) electrons. The molecule has 102 valence electrons. The average Bonchev–Trinajstić information content (AvgIpc) is 2.24. The molecule has 1 rings (SSSR count). The minimum Gasteiger partial charge on any atom is -0.381 e. The summed E-state index contributed by atoms with van der Waals surface area (Å²) >= 11 is 2.08. The van der Waals surface area contributed by atoms with Gasteiger partial charge in [-0.25, -0.2) is 0 Å². The van der Waals surface area contributed by atoms with Crippen LogP contribution in [0.2, 0.25) is 0 Å². The van der Waals surface area contributed by atoms with E-state index in [4.69, 9.17) is 4.74 Å². The van der Waals surface area contributed by atoms with E-state index < -0.39 is 0 Å². The molecule has 1 heterocycles. The molecule has 0 aliphatic carbocycles. The molecule has 1 aliphatic heterocycles. The Bertz CT molecular complexity index is 206. The molecule has 0 saturated carbocycles. The summed E-state index contributed by atoms with van der Waals surface area (Å²) in [5.74, 6) is 3.24. The van der Waals surface area contributed by atoms with Crippen LogP contribution >= 0.6 is 11.8 Å². The molecule has 1 unspecified atom stereocenters. The van der Waals surface area contributed by atoms with Gasteiger partial charge in [0.2, 0.25) is 0 Å². The molecule has 1 N–H and O–H groups in total. The lowest BCUT2D eigenvalue weighted by Crippen LogP contribution is -2.47. The van der Waals surface area contributed by atoms with E-state index >= 15 is 0 Å². The first-order chi connectivity index (χ1) is 8.02. The summed E-state index contributed by atoms with van der Waals surface area (Å²) in [7, 11) is 0. The molecule has 2 nitrogen and oxygen atoms in total. The van der Waals surface area contributed by atoms with Gasteiger partial charge in [0.15, 0.2) is 0 Å². The molecule has 0 spiro atoms. The van der Waals surface area contributed by atoms with Crippen LogP contribution in [0.5, 0.6) is 0 Å². The van der Waals surface area contributed by atoms with Gasteiger partial charge < -0.3 is 10.1 Å². The normalized spacial score (nSPS) is 24.2. The summed E-state index contributed by atoms with van der Waals surface area (Å²) in [4.78, 5) is 0. The predicted octanol–water partition coefficient (Wildman–Crippen LogP) is 3.17. The Morgan fingerprint density at radius 1 is 1.41 bits per heavy atom. The van der Waals surface area contributed by atoms with Crippen LogP contribution < -0.4 is 5.32 Å². The van der Waals surface area contributed by atoms with E-state index in [9.17, 15) is 0 Å². The largest absolute Gasteiger partial charge is 0.381 e. The second-order valence-electron chi connectivity index (χ2n) is 6.14. The highest BCUT2D eigenvalue weighted by atomic mass is 32.2. The summed E-state index contributed by atoms with van der Waals surface area (Å²) < 4.78 is 5.59. The number of nitrogens with one attached hydrogen (secondary N) is 1. The molecule has 0 bridgehead atoms. The topological polar surface area (TPSA) is 21.3 Å². The third kappa shape index (κ3) is 6.12. The Balaban J connectivity index is 2.05. The van der Waals surface area contributed by atoms with Crippen molar-refractivity contribution in [3.63, 3.8) is 0 Å². The summed E-state index contributed by atoms with van der Waals surface area (Å²) in [5.41, 5.74) is 0.462. The fraction of sp³-hybridized carbons (Fsp3) is 1.00. The van der Waals surface area contributed by atoms with Crippen molar-refractivity contribution in [2.45, 2.75) is 46.6 Å². The number of hydrogen-bond acceptors (Lipinski definition) is 3. The second-order valence-corrected chi connectivity index (χ2v) is 7.29. The molecule has 17 heavy (non-hydrogen) atoms. The van der Waals surface area contributed by atoms with Crippen LogP contribution in [0.15, 0.2) is 0 Å². The van der Waals surface area contributed by atoms with Gasteiger partial charge in [-0.05, 0) is 36.5 Å². The molecule has 0 aromatic heterocycles. The van der Waals surface area contributed by atoms with Crippen LogP contribution in [0, 0.1) is 11.3 Å². The van der Waals surface area contributed by atoms with Crippen molar-refractivity contribution >= 4 is 11.8 Å². The third-order valence-corrected chi connectivity index (χ3v) is 4.49. The standard InChI is InChI=1S/C14H29NOS/c1-12(2)10-16-8-5-7-15-13-11-17-9-6-14(13,3)4/h12-13,15H,5-11H2,1-4H3. The Labute approximate surface area is 111 Å². The average molecular weight is 259 g/mol. The predicted molar refractivity (Wildman–Crippen MR) is 77.8 cm³/mol. The highest BCUT2D eigenvalue weighted by Crippen LogP contribution is 2.33. The minimum absolute atomic E-state index is 0.462. The van der Waals surface area contributed by atoms with Crippen LogP contribution in [-0.2, 0) is 4.74 Å². The van der Waals surface area contributed by atoms with Gasteiger partial charge in [-0.1, -0.05) is 27.7 Å². The molecule has 0 aromatic rings. The van der Waals surface area contributed by atoms with Gasteiger partial charge in [-0.15, -0.1) is 0 Å². The van der Waals surface area contributed by atoms with Gasteiger partial charge in [0, 0.05) is 25.0 Å². The van der Waals surface area contributed by atoms with Crippen molar-refractivity contribution in [2.75, 3.05) is 31.3 Å². The van der Waals surface area contributed by atoms with Crippen molar-refractivity contribution in [3.8, 4) is 0 Å². The Hall–Kier alpha value is 0.270. The maximum atomic E-state index is 5.59. The SMILES string of the molecule is CC(C)COCCCNC1CSCCC1(C)C. The van der Waals surface area contributed by atoms with Crippen molar-refractivity contribution < 1.29 is 4.74 Å². The smallest absolute Gasteiger partial charge is 0.0489 e. The van der Waals surface area contributed by atoms with E-state index in [0.717, 1.165) is 26.2 Å². The van der Waals surface area contributed by atoms with E-state index in [-0.39, 0.29) is 0 Å². The van der Waals surface area contributed by atoms with Crippen LogP contribution in [0.3, 0.4) is 0 Å². The molecular formula is C14H29NOS. The van der Waals surface area contributed by atoms with E-state index in [0.29, 0.717) is 17.4 Å². The number of ether oxygens (including phenoxy) is 1. The zero-order valence-corrected chi connectivity index (χ0v) is 12.7. The molecule has 0 amide bonds. The molecular weight excluding hydrogens is 230 g/mol. The van der Waals surface area contributed by atoms with Crippen molar-refractivity contribution in [2.24, 2.45) is 11.3 Å². The number of rotatable bonds is 7. The maximum Gasteiger partial charge on any atom is 0.0489 e. The fourth-order valence-electron chi connectivity index (χ4n) is 2.04. The van der Waals surface area contributed by atoms with Gasteiger partial charge in [0.05, 0.1) is 0 Å². The zero-order chi connectivity index (χ0) is 12.7. The highest BCUT2D eigenvalue weighted by molar-refractivity contribution is 7.99. The molecule has 3 heteroatoms. The summed E-state index contributed by atoms with van der Waals surface area (Å²) in [6.45, 7) is 12.0. The van der Waals surface area contributed by atoms with Gasteiger partial charge >= 0.3 is 0 Å². The molecule has 1 atom stereocenters. The zero-order valence-electron chi connectivity index (χ0n) is 11.9. The van der Waals surface area contributed by atoms with Gasteiger partial charge in [-0.2, -0.15) is 11.8 Å². The number of thioether (sulfide) groups is 1. The highest BCUT2D eigenvalue weighted by Gasteiger charge is 2.31. The summed E-state index contributed by atoms with van der Waals surface area (Å²) in [5, 5.41) is 3.70. The quantitative estimate of drug-likeness (QED) is 0.710. The van der Waals surface area contributed by atoms with Crippen LogP contribution in [0.4, 0.5) is 0 Å². The first-order valence-electron chi connectivity index (χ1n) is 6.91. The molecule has 1 aliphatic rings. The first kappa shape index (κ1) is 15.3. The summed E-state index contributed by atoms with van der Waals surface area (Å²) in [6, 6.07) is 0.673. The Morgan fingerprint density at radius 3 is 2.82 bits per heavy atom. The van der Waals surface area contributed by atoms with Gasteiger partial charge in [-0.3, -0.25) is 0 Å². The molecule has 1 saturated heterocycles. The van der Waals surface area contributed by atoms with Crippen LogP contribution in [0.25, 0.3) is 0 Å². The lowest BCUT2D eigenvalue weighted by Gasteiger charge is -2.39. The molecule has 1 fully saturated rings. The lowest BCUT2D eigenvalue weighted by atomic mass is 9.82. The van der Waals surface area contributed by atoms with Gasteiger partial charge in [0.25, 0.3) is 0 Å². The summed E-state index contributed by atoms with van der Waals surface area (Å²) in [6.07, 6.45) is 2.46. The van der Waals surface area contributed by atoms with E-state index in [1.54, 1.807) is 0 Å². The maximum absolute atomic E-state index is 5.59. The van der Waals surface area contributed by atoms with Crippen molar-refractivity contribution in [3.05, 3.63) is 0 Å². The van der Waals surface area contributed by atoms with E-state index in [1.165, 1.54) is 17.9 Å². The van der Waals surface area contributed by atoms with E-state index in [1.807, 2.05) is 0 Å². The van der Waals surface area contributed by atoms with Crippen molar-refractivity contribution in [1.82, 2.24) is 5.32 Å². The Kier molecular flexibility index (Phi) is 6.90. The Morgan fingerprint density at radius 2 is 2.18 bits per heavy atom. The monoisotopic (exact) mass is 259 g/mol. The first-order valence-corrected chi connectivity index (χ1v) is 8.07. The fourth-order valence-corrected chi connectivity index (χ4v) is 3.68. The molecule has 0 aromatic carbocycles. The lowest BCUT2D eigenvalue weighted by molar-refractivity contribution is 0.106. The second kappa shape index (κ2) is 7.65. The van der Waals surface area contributed by atoms with Gasteiger partial charge in [0.1, 0.15) is 0 Å². The van der Waals surface area contributed by atoms with Crippen molar-refractivity contribution in [1.29, 1.82) is 0 Å². The third-order valence-electron chi connectivity index (χ3n) is 3.43. The van der Waals surface area contributed by atoms with Crippen LogP contribution in [0.1, 0.15) is 40.5 Å². The minimum atomic E-state index is 0.462. The number of hydrogen-bond donors (Lipinski definition) is 1. The van der Waals surface area contributed by atoms with Crippen LogP contribution in [-0.4, -0.2) is 37.3 Å². The van der Waals surface area contributed by atoms with E-state index in [2.05, 4.69) is 44.8 Å².